The number of methoxy groups -OCH3 is 1. The zero-order valence-electron chi connectivity index (χ0n) is 16.8. The Morgan fingerprint density at radius 1 is 1.20 bits per heavy atom. The molecule has 1 amide bonds. The molecule has 0 aliphatic heterocycles. The van der Waals surface area contributed by atoms with Gasteiger partial charge in [0.05, 0.1) is 7.11 Å². The van der Waals surface area contributed by atoms with E-state index in [1.165, 1.54) is 48.1 Å². The van der Waals surface area contributed by atoms with Crippen molar-refractivity contribution in [2.75, 3.05) is 13.7 Å². The van der Waals surface area contributed by atoms with Gasteiger partial charge in [-0.1, -0.05) is 13.8 Å². The lowest BCUT2D eigenvalue weighted by Crippen LogP contribution is -2.44. The third-order valence-electron chi connectivity index (χ3n) is 3.80. The highest BCUT2D eigenvalue weighted by Crippen LogP contribution is 2.16. The topological polar surface area (TPSA) is 104 Å². The summed E-state index contributed by atoms with van der Waals surface area (Å²) in [6, 6.07) is 4.71. The number of thiazole rings is 1. The SMILES string of the molecule is COC(=O)C(CC(C)C)NC(=O)COC(=O)c1csc(COc2ccc(F)cc2)n1. The molecule has 30 heavy (non-hydrogen) atoms. The van der Waals surface area contributed by atoms with Crippen molar-refractivity contribution in [1.82, 2.24) is 10.3 Å². The molecule has 0 aliphatic rings. The third-order valence-corrected chi connectivity index (χ3v) is 4.62. The van der Waals surface area contributed by atoms with Crippen molar-refractivity contribution in [3.05, 3.63) is 46.2 Å². The molecule has 1 unspecified atom stereocenters. The first-order valence-corrected chi connectivity index (χ1v) is 10.0. The molecule has 0 saturated heterocycles. The number of esters is 2. The maximum Gasteiger partial charge on any atom is 0.358 e. The molecule has 0 spiro atoms. The fourth-order valence-corrected chi connectivity index (χ4v) is 3.09. The van der Waals surface area contributed by atoms with Crippen molar-refractivity contribution >= 4 is 29.2 Å². The average molecular weight is 438 g/mol. The fraction of sp³-hybridized carbons (Fsp3) is 0.400. The number of rotatable bonds is 10. The minimum absolute atomic E-state index is 0.0391. The third kappa shape index (κ3) is 7.43. The van der Waals surface area contributed by atoms with Crippen LogP contribution >= 0.6 is 11.3 Å². The van der Waals surface area contributed by atoms with E-state index in [0.29, 0.717) is 17.2 Å². The van der Waals surface area contributed by atoms with Crippen LogP contribution in [0.4, 0.5) is 4.39 Å². The Bertz CT molecular complexity index is 868. The zero-order valence-corrected chi connectivity index (χ0v) is 17.7. The van der Waals surface area contributed by atoms with E-state index in [9.17, 15) is 18.8 Å². The van der Waals surface area contributed by atoms with Gasteiger partial charge in [0.15, 0.2) is 12.3 Å². The molecule has 2 rings (SSSR count). The lowest BCUT2D eigenvalue weighted by Gasteiger charge is -2.18. The second-order valence-corrected chi connectivity index (χ2v) is 7.66. The van der Waals surface area contributed by atoms with Gasteiger partial charge in [-0.05, 0) is 36.6 Å². The number of amides is 1. The van der Waals surface area contributed by atoms with Crippen LogP contribution in [0.2, 0.25) is 0 Å². The van der Waals surface area contributed by atoms with E-state index in [1.54, 1.807) is 0 Å². The lowest BCUT2D eigenvalue weighted by atomic mass is 10.0. The molecule has 10 heteroatoms. The summed E-state index contributed by atoms with van der Waals surface area (Å²) in [7, 11) is 1.24. The van der Waals surface area contributed by atoms with Crippen molar-refractivity contribution in [3.63, 3.8) is 0 Å². The van der Waals surface area contributed by atoms with Gasteiger partial charge in [0.25, 0.3) is 5.91 Å². The molecule has 0 saturated carbocycles. The summed E-state index contributed by atoms with van der Waals surface area (Å²) in [5.74, 6) is -1.69. The first-order valence-electron chi connectivity index (χ1n) is 9.15. The second-order valence-electron chi connectivity index (χ2n) is 6.72. The number of nitrogens with zero attached hydrogens (tertiary/aromatic N) is 1. The zero-order chi connectivity index (χ0) is 22.1. The number of hydrogen-bond acceptors (Lipinski definition) is 8. The molecule has 8 nitrogen and oxygen atoms in total. The number of nitrogens with one attached hydrogen (secondary N) is 1. The van der Waals surface area contributed by atoms with Crippen LogP contribution in [0.25, 0.3) is 0 Å². The van der Waals surface area contributed by atoms with E-state index in [-0.39, 0.29) is 24.0 Å². The van der Waals surface area contributed by atoms with Crippen LogP contribution < -0.4 is 10.1 Å². The van der Waals surface area contributed by atoms with Crippen LogP contribution in [0.5, 0.6) is 5.75 Å². The highest BCUT2D eigenvalue weighted by molar-refractivity contribution is 7.09. The molecule has 0 aliphatic carbocycles. The van der Waals surface area contributed by atoms with Crippen molar-refractivity contribution in [2.45, 2.75) is 32.9 Å². The van der Waals surface area contributed by atoms with E-state index in [4.69, 9.17) is 9.47 Å². The van der Waals surface area contributed by atoms with E-state index in [2.05, 4.69) is 15.0 Å². The van der Waals surface area contributed by atoms with Gasteiger partial charge in [0.2, 0.25) is 0 Å². The summed E-state index contributed by atoms with van der Waals surface area (Å²) in [4.78, 5) is 40.0. The minimum atomic E-state index is -0.810. The van der Waals surface area contributed by atoms with E-state index in [0.717, 1.165) is 0 Å². The number of hydrogen-bond donors (Lipinski definition) is 1. The molecule has 0 fully saturated rings. The Balaban J connectivity index is 1.82. The van der Waals surface area contributed by atoms with Crippen molar-refractivity contribution < 1.29 is 33.0 Å². The van der Waals surface area contributed by atoms with Crippen LogP contribution in [-0.2, 0) is 25.7 Å². The number of aromatic nitrogens is 1. The Labute approximate surface area is 177 Å². The summed E-state index contributed by atoms with van der Waals surface area (Å²) in [5.41, 5.74) is 0.0391. The largest absolute Gasteiger partial charge is 0.486 e. The predicted octanol–water partition coefficient (Wildman–Crippen LogP) is 2.72. The van der Waals surface area contributed by atoms with Crippen LogP contribution in [0.3, 0.4) is 0 Å². The van der Waals surface area contributed by atoms with E-state index < -0.39 is 30.5 Å². The van der Waals surface area contributed by atoms with Gasteiger partial charge in [0.1, 0.15) is 29.2 Å². The van der Waals surface area contributed by atoms with Crippen molar-refractivity contribution in [3.8, 4) is 5.75 Å². The van der Waals surface area contributed by atoms with Crippen LogP contribution in [0.1, 0.15) is 35.8 Å². The van der Waals surface area contributed by atoms with Gasteiger partial charge >= 0.3 is 11.9 Å². The smallest absolute Gasteiger partial charge is 0.358 e. The average Bonchev–Trinajstić information content (AvgIpc) is 3.19. The molecular formula is C20H23FN2O6S. The Morgan fingerprint density at radius 2 is 1.90 bits per heavy atom. The lowest BCUT2D eigenvalue weighted by molar-refractivity contribution is -0.145. The Morgan fingerprint density at radius 3 is 2.53 bits per heavy atom. The Hall–Kier alpha value is -3.01. The molecule has 1 aromatic heterocycles. The van der Waals surface area contributed by atoms with Gasteiger partial charge in [-0.25, -0.2) is 19.0 Å². The molecule has 1 atom stereocenters. The van der Waals surface area contributed by atoms with Gasteiger partial charge in [-0.15, -0.1) is 11.3 Å². The summed E-state index contributed by atoms with van der Waals surface area (Å²) >= 11 is 1.19. The van der Waals surface area contributed by atoms with Gasteiger partial charge < -0.3 is 19.5 Å². The Kier molecular flexibility index (Phi) is 8.72. The standard InChI is InChI=1S/C20H23FN2O6S/c1-12(2)8-15(19(25)27-3)22-17(24)9-29-20(26)16-11-30-18(23-16)10-28-14-6-4-13(21)5-7-14/h4-7,11-12,15H,8-10H2,1-3H3,(H,22,24). The number of carbonyl (C=O) groups is 3. The maximum atomic E-state index is 12.9. The van der Waals surface area contributed by atoms with Gasteiger partial charge in [-0.2, -0.15) is 0 Å². The number of ether oxygens (including phenoxy) is 3. The summed E-state index contributed by atoms with van der Waals surface area (Å²) in [5, 5.41) is 4.50. The summed E-state index contributed by atoms with van der Waals surface area (Å²) in [6.07, 6.45) is 0.399. The second kappa shape index (κ2) is 11.2. The minimum Gasteiger partial charge on any atom is -0.486 e. The molecule has 0 radical (unpaired) electrons. The van der Waals surface area contributed by atoms with E-state index >= 15 is 0 Å². The number of halogens is 1. The van der Waals surface area contributed by atoms with E-state index in [1.807, 2.05) is 13.8 Å². The summed E-state index contributed by atoms with van der Waals surface area (Å²) < 4.78 is 28.0. The van der Waals surface area contributed by atoms with Crippen molar-refractivity contribution in [1.29, 1.82) is 0 Å². The first kappa shape index (κ1) is 23.3. The van der Waals surface area contributed by atoms with Crippen LogP contribution in [0, 0.1) is 11.7 Å². The molecule has 0 bridgehead atoms. The van der Waals surface area contributed by atoms with Crippen LogP contribution in [0.15, 0.2) is 29.6 Å². The molecule has 1 aromatic carbocycles. The predicted molar refractivity (Wildman–Crippen MR) is 107 cm³/mol. The fourth-order valence-electron chi connectivity index (χ4n) is 2.42. The molecule has 1 N–H and O–H groups in total. The number of carbonyl (C=O) groups excluding carboxylic acids is 3. The van der Waals surface area contributed by atoms with Crippen LogP contribution in [-0.4, -0.2) is 42.6 Å². The first-order chi connectivity index (χ1) is 14.3. The maximum absolute atomic E-state index is 12.9. The summed E-state index contributed by atoms with van der Waals surface area (Å²) in [6.45, 7) is 3.35. The molecule has 162 valence electrons. The number of benzene rings is 1. The molecule has 2 aromatic rings. The monoisotopic (exact) mass is 438 g/mol. The quantitative estimate of drug-likeness (QED) is 0.569. The van der Waals surface area contributed by atoms with Crippen molar-refractivity contribution in [2.24, 2.45) is 5.92 Å². The highest BCUT2D eigenvalue weighted by atomic mass is 32.1. The highest BCUT2D eigenvalue weighted by Gasteiger charge is 2.23. The van der Waals surface area contributed by atoms with Gasteiger partial charge in [0, 0.05) is 5.38 Å². The molecule has 1 heterocycles. The van der Waals surface area contributed by atoms with Gasteiger partial charge in [-0.3, -0.25) is 4.79 Å². The normalized spacial score (nSPS) is 11.6. The molecular weight excluding hydrogens is 415 g/mol.